The summed E-state index contributed by atoms with van der Waals surface area (Å²) < 4.78 is 0. The van der Waals surface area contributed by atoms with E-state index < -0.39 is 6.10 Å². The van der Waals surface area contributed by atoms with E-state index in [0.29, 0.717) is 18.0 Å². The molecule has 0 aromatic heterocycles. The van der Waals surface area contributed by atoms with Crippen LogP contribution in [0, 0.1) is 0 Å². The molecule has 0 heterocycles. The third-order valence-corrected chi connectivity index (χ3v) is 3.84. The van der Waals surface area contributed by atoms with Crippen LogP contribution in [0.1, 0.15) is 20.3 Å². The molecular weight excluding hydrogens is 270 g/mol. The predicted octanol–water partition coefficient (Wildman–Crippen LogP) is 2.71. The lowest BCUT2D eigenvalue weighted by Gasteiger charge is -2.14. The lowest BCUT2D eigenvalue weighted by Crippen LogP contribution is -2.36. The lowest BCUT2D eigenvalue weighted by atomic mass is 10.3. The largest absolute Gasteiger partial charge is 0.391 e. The molecule has 3 nitrogen and oxygen atoms in total. The van der Waals surface area contributed by atoms with E-state index in [1.54, 1.807) is 12.1 Å². The van der Waals surface area contributed by atoms with Crippen LogP contribution in [0.5, 0.6) is 0 Å². The lowest BCUT2D eigenvalue weighted by molar-refractivity contribution is -0.120. The number of nitrogens with one attached hydrogen (secondary N) is 1. The third kappa shape index (κ3) is 5.29. The van der Waals surface area contributed by atoms with Crippen molar-refractivity contribution in [1.29, 1.82) is 0 Å². The first kappa shape index (κ1) is 15.3. The number of rotatable bonds is 6. The van der Waals surface area contributed by atoms with Crippen molar-refractivity contribution in [2.24, 2.45) is 0 Å². The van der Waals surface area contributed by atoms with Crippen LogP contribution in [0.3, 0.4) is 0 Å². The molecule has 0 aliphatic carbocycles. The van der Waals surface area contributed by atoms with E-state index in [0.717, 1.165) is 4.90 Å². The van der Waals surface area contributed by atoms with Crippen LogP contribution in [-0.2, 0) is 4.79 Å². The van der Waals surface area contributed by atoms with Crippen LogP contribution in [0.25, 0.3) is 0 Å². The van der Waals surface area contributed by atoms with Crippen molar-refractivity contribution in [3.63, 3.8) is 0 Å². The Morgan fingerprint density at radius 3 is 2.61 bits per heavy atom. The van der Waals surface area contributed by atoms with Gasteiger partial charge in [0.05, 0.1) is 11.4 Å². The van der Waals surface area contributed by atoms with Gasteiger partial charge in [0.25, 0.3) is 0 Å². The Kier molecular flexibility index (Phi) is 6.54. The minimum Gasteiger partial charge on any atom is -0.391 e. The number of aliphatic hydroxyl groups excluding tert-OH is 1. The summed E-state index contributed by atoms with van der Waals surface area (Å²) >= 11 is 7.26. The molecule has 0 aliphatic rings. The summed E-state index contributed by atoms with van der Waals surface area (Å²) in [5.74, 6) is -0.0672. The van der Waals surface area contributed by atoms with Gasteiger partial charge < -0.3 is 10.4 Å². The van der Waals surface area contributed by atoms with Gasteiger partial charge in [0, 0.05) is 16.5 Å². The number of carbonyl (C=O) groups excluding carboxylic acids is 1. The maximum Gasteiger partial charge on any atom is 0.233 e. The Morgan fingerprint density at radius 2 is 2.06 bits per heavy atom. The highest BCUT2D eigenvalue weighted by atomic mass is 35.5. The molecule has 1 amide bonds. The Bertz CT molecular complexity index is 383. The Hall–Kier alpha value is -0.710. The molecule has 0 saturated carbocycles. The minimum atomic E-state index is -0.471. The first-order chi connectivity index (χ1) is 8.52. The van der Waals surface area contributed by atoms with E-state index in [2.05, 4.69) is 5.32 Å². The number of carbonyl (C=O) groups is 1. The predicted molar refractivity (Wildman–Crippen MR) is 76.1 cm³/mol. The zero-order valence-corrected chi connectivity index (χ0v) is 12.1. The molecule has 2 unspecified atom stereocenters. The molecule has 2 atom stereocenters. The summed E-state index contributed by atoms with van der Waals surface area (Å²) in [6.45, 7) is 4.02. The molecule has 100 valence electrons. The van der Waals surface area contributed by atoms with Crippen LogP contribution in [-0.4, -0.2) is 28.9 Å². The number of thioether (sulfide) groups is 1. The number of amides is 1. The topological polar surface area (TPSA) is 49.3 Å². The quantitative estimate of drug-likeness (QED) is 0.791. The van der Waals surface area contributed by atoms with Gasteiger partial charge in [0.2, 0.25) is 5.91 Å². The highest BCUT2D eigenvalue weighted by Gasteiger charge is 2.14. The summed E-state index contributed by atoms with van der Waals surface area (Å²) in [6.07, 6.45) is 0.167. The average Bonchev–Trinajstić information content (AvgIpc) is 2.38. The van der Waals surface area contributed by atoms with Crippen molar-refractivity contribution in [3.05, 3.63) is 29.3 Å². The van der Waals surface area contributed by atoms with Crippen LogP contribution in [0.15, 0.2) is 29.2 Å². The number of aliphatic hydroxyl groups is 1. The van der Waals surface area contributed by atoms with Crippen LogP contribution < -0.4 is 5.32 Å². The van der Waals surface area contributed by atoms with Gasteiger partial charge in [0.15, 0.2) is 0 Å². The number of hydrogen-bond acceptors (Lipinski definition) is 3. The van der Waals surface area contributed by atoms with Gasteiger partial charge in [-0.15, -0.1) is 11.8 Å². The highest BCUT2D eigenvalue weighted by molar-refractivity contribution is 8.00. The second-order valence-electron chi connectivity index (χ2n) is 4.02. The van der Waals surface area contributed by atoms with Gasteiger partial charge >= 0.3 is 0 Å². The summed E-state index contributed by atoms with van der Waals surface area (Å²) in [5, 5.41) is 12.6. The monoisotopic (exact) mass is 287 g/mol. The molecule has 0 spiro atoms. The van der Waals surface area contributed by atoms with E-state index >= 15 is 0 Å². The number of benzene rings is 1. The smallest absolute Gasteiger partial charge is 0.233 e. The molecule has 1 rings (SSSR count). The summed E-state index contributed by atoms with van der Waals surface area (Å²) in [7, 11) is 0. The Balaban J connectivity index is 2.42. The molecule has 1 aromatic rings. The maximum atomic E-state index is 11.8. The fraction of sp³-hybridized carbons (Fsp3) is 0.462. The molecule has 0 saturated heterocycles. The molecule has 18 heavy (non-hydrogen) atoms. The average molecular weight is 288 g/mol. The molecule has 0 aliphatic heterocycles. The van der Waals surface area contributed by atoms with Gasteiger partial charge in [-0.05, 0) is 37.6 Å². The molecule has 5 heteroatoms. The van der Waals surface area contributed by atoms with E-state index in [1.807, 2.05) is 26.0 Å². The fourth-order valence-corrected chi connectivity index (χ4v) is 2.30. The van der Waals surface area contributed by atoms with Crippen molar-refractivity contribution in [3.8, 4) is 0 Å². The van der Waals surface area contributed by atoms with Crippen molar-refractivity contribution >= 4 is 29.3 Å². The van der Waals surface area contributed by atoms with Gasteiger partial charge in [-0.3, -0.25) is 4.79 Å². The van der Waals surface area contributed by atoms with Crippen molar-refractivity contribution in [2.75, 3.05) is 6.54 Å². The molecule has 0 radical (unpaired) electrons. The Morgan fingerprint density at radius 1 is 1.44 bits per heavy atom. The second kappa shape index (κ2) is 7.67. The van der Waals surface area contributed by atoms with Crippen molar-refractivity contribution in [2.45, 2.75) is 36.5 Å². The van der Waals surface area contributed by atoms with Crippen LogP contribution >= 0.6 is 23.4 Å². The maximum absolute atomic E-state index is 11.8. The molecule has 2 N–H and O–H groups in total. The number of hydrogen-bond donors (Lipinski definition) is 2. The van der Waals surface area contributed by atoms with Crippen LogP contribution in [0.4, 0.5) is 0 Å². The van der Waals surface area contributed by atoms with Crippen molar-refractivity contribution < 1.29 is 9.90 Å². The highest BCUT2D eigenvalue weighted by Crippen LogP contribution is 2.24. The Labute approximate surface area is 117 Å². The molecule has 0 fully saturated rings. The van der Waals surface area contributed by atoms with E-state index in [9.17, 15) is 9.90 Å². The first-order valence-corrected chi connectivity index (χ1v) is 7.16. The normalized spacial score (nSPS) is 14.0. The number of halogens is 1. The van der Waals surface area contributed by atoms with E-state index in [1.165, 1.54) is 11.8 Å². The van der Waals surface area contributed by atoms with Gasteiger partial charge in [-0.1, -0.05) is 18.5 Å². The zero-order valence-electron chi connectivity index (χ0n) is 10.5. The van der Waals surface area contributed by atoms with E-state index in [4.69, 9.17) is 11.6 Å². The minimum absolute atomic E-state index is 0.0672. The van der Waals surface area contributed by atoms with Gasteiger partial charge in [-0.25, -0.2) is 0 Å². The van der Waals surface area contributed by atoms with Crippen molar-refractivity contribution in [1.82, 2.24) is 5.32 Å². The second-order valence-corrected chi connectivity index (χ2v) is 5.87. The molecule has 1 aromatic carbocycles. The molecule has 0 bridgehead atoms. The van der Waals surface area contributed by atoms with Gasteiger partial charge in [0.1, 0.15) is 0 Å². The SMILES string of the molecule is CCC(O)CNC(=O)C(C)Sc1ccc(Cl)cc1. The third-order valence-electron chi connectivity index (χ3n) is 2.48. The summed E-state index contributed by atoms with van der Waals surface area (Å²) in [6, 6.07) is 7.38. The first-order valence-electron chi connectivity index (χ1n) is 5.91. The zero-order chi connectivity index (χ0) is 13.5. The molecular formula is C13H18ClNO2S. The van der Waals surface area contributed by atoms with Gasteiger partial charge in [-0.2, -0.15) is 0 Å². The van der Waals surface area contributed by atoms with E-state index in [-0.39, 0.29) is 11.2 Å². The standard InChI is InChI=1S/C13H18ClNO2S/c1-3-11(16)8-15-13(17)9(2)18-12-6-4-10(14)5-7-12/h4-7,9,11,16H,3,8H2,1-2H3,(H,15,17). The fourth-order valence-electron chi connectivity index (χ4n) is 1.28. The summed E-state index contributed by atoms with van der Waals surface area (Å²) in [5.41, 5.74) is 0. The summed E-state index contributed by atoms with van der Waals surface area (Å²) in [4.78, 5) is 12.8. The van der Waals surface area contributed by atoms with Crippen LogP contribution in [0.2, 0.25) is 5.02 Å².